The zero-order valence-corrected chi connectivity index (χ0v) is 10.8. The van der Waals surface area contributed by atoms with E-state index >= 15 is 0 Å². The summed E-state index contributed by atoms with van der Waals surface area (Å²) < 4.78 is 5.23. The van der Waals surface area contributed by atoms with Gasteiger partial charge < -0.3 is 15.8 Å². The Morgan fingerprint density at radius 3 is 3.11 bits per heavy atom. The molecule has 1 aliphatic heterocycles. The summed E-state index contributed by atoms with van der Waals surface area (Å²) in [6.45, 7) is 1.63. The van der Waals surface area contributed by atoms with Crippen LogP contribution >= 0.6 is 11.3 Å². The number of ether oxygens (including phenoxy) is 1. The lowest BCUT2D eigenvalue weighted by atomic mass is 10.00. The van der Waals surface area contributed by atoms with Gasteiger partial charge in [0.1, 0.15) is 0 Å². The van der Waals surface area contributed by atoms with Gasteiger partial charge in [0.15, 0.2) is 5.13 Å². The van der Waals surface area contributed by atoms with Crippen LogP contribution < -0.4 is 11.1 Å². The summed E-state index contributed by atoms with van der Waals surface area (Å²) in [6, 6.07) is 0. The van der Waals surface area contributed by atoms with Crippen LogP contribution in [0.3, 0.4) is 0 Å². The molecule has 0 radical (unpaired) electrons. The third-order valence-corrected chi connectivity index (χ3v) is 3.47. The zero-order chi connectivity index (χ0) is 12.8. The topological polar surface area (TPSA) is 77.2 Å². The van der Waals surface area contributed by atoms with Crippen molar-refractivity contribution in [2.75, 3.05) is 25.1 Å². The van der Waals surface area contributed by atoms with Crippen molar-refractivity contribution >= 4 is 22.4 Å². The molecule has 5 nitrogen and oxygen atoms in total. The smallest absolute Gasteiger partial charge is 0.229 e. The van der Waals surface area contributed by atoms with Gasteiger partial charge in [0.25, 0.3) is 0 Å². The molecule has 0 bridgehead atoms. The lowest BCUT2D eigenvalue weighted by Gasteiger charge is -2.20. The summed E-state index contributed by atoms with van der Waals surface area (Å²) in [6.07, 6.45) is 3.20. The predicted octanol–water partition coefficient (Wildman–Crippen LogP) is 0.818. The Kier molecular flexibility index (Phi) is 4.70. The van der Waals surface area contributed by atoms with Crippen LogP contribution in [0.1, 0.15) is 17.7 Å². The zero-order valence-electron chi connectivity index (χ0n) is 9.94. The Morgan fingerprint density at radius 1 is 1.61 bits per heavy atom. The van der Waals surface area contributed by atoms with Crippen molar-refractivity contribution in [1.29, 1.82) is 0 Å². The van der Waals surface area contributed by atoms with Gasteiger partial charge in [0.05, 0.1) is 17.6 Å². The van der Waals surface area contributed by atoms with Gasteiger partial charge in [-0.15, -0.1) is 0 Å². The monoisotopic (exact) mass is 265 g/mol. The van der Waals surface area contributed by atoms with Gasteiger partial charge in [0, 0.05) is 19.1 Å². The molecular weight excluding hydrogens is 250 g/mol. The fourth-order valence-corrected chi connectivity index (χ4v) is 2.39. The van der Waals surface area contributed by atoms with Crippen molar-refractivity contribution in [2.45, 2.75) is 12.8 Å². The lowest BCUT2D eigenvalue weighted by molar-refractivity contribution is -0.122. The second-order valence-electron chi connectivity index (χ2n) is 3.91. The number of carbonyl (C=O) groups excluding carboxylic acids is 1. The first-order valence-electron chi connectivity index (χ1n) is 5.83. The molecule has 1 aromatic heterocycles. The molecule has 0 aliphatic carbocycles. The Bertz CT molecular complexity index is 469. The van der Waals surface area contributed by atoms with Crippen molar-refractivity contribution in [1.82, 2.24) is 4.98 Å². The Hall–Kier alpha value is -1.42. The van der Waals surface area contributed by atoms with Gasteiger partial charge in [-0.2, -0.15) is 0 Å². The molecule has 0 unspecified atom stereocenters. The maximum Gasteiger partial charge on any atom is 0.229 e. The summed E-state index contributed by atoms with van der Waals surface area (Å²) >= 11 is 1.36. The van der Waals surface area contributed by atoms with Gasteiger partial charge >= 0.3 is 0 Å². The quantitative estimate of drug-likeness (QED) is 0.776. The van der Waals surface area contributed by atoms with Crippen molar-refractivity contribution in [2.24, 2.45) is 11.7 Å². The van der Waals surface area contributed by atoms with E-state index in [0.29, 0.717) is 24.9 Å². The lowest BCUT2D eigenvalue weighted by Crippen LogP contribution is -2.28. The van der Waals surface area contributed by atoms with E-state index in [1.165, 1.54) is 11.3 Å². The van der Waals surface area contributed by atoms with E-state index in [0.717, 1.165) is 17.7 Å². The Labute approximate surface area is 110 Å². The van der Waals surface area contributed by atoms with Crippen LogP contribution in [0.2, 0.25) is 0 Å². The van der Waals surface area contributed by atoms with Gasteiger partial charge in [-0.1, -0.05) is 23.2 Å². The predicted molar refractivity (Wildman–Crippen MR) is 70.2 cm³/mol. The van der Waals surface area contributed by atoms with Crippen LogP contribution in [0.5, 0.6) is 0 Å². The fraction of sp³-hybridized carbons (Fsp3) is 0.500. The number of aromatic nitrogens is 1. The van der Waals surface area contributed by atoms with Gasteiger partial charge in [-0.3, -0.25) is 4.79 Å². The van der Waals surface area contributed by atoms with Gasteiger partial charge in [0.2, 0.25) is 5.91 Å². The highest BCUT2D eigenvalue weighted by Gasteiger charge is 2.22. The molecule has 0 aromatic carbocycles. The average molecular weight is 265 g/mol. The second-order valence-corrected chi connectivity index (χ2v) is 4.94. The van der Waals surface area contributed by atoms with Crippen molar-refractivity contribution in [3.63, 3.8) is 0 Å². The molecule has 96 valence electrons. The highest BCUT2D eigenvalue weighted by atomic mass is 32.1. The summed E-state index contributed by atoms with van der Waals surface area (Å²) in [5.41, 5.74) is 5.29. The number of thiazole rings is 1. The van der Waals surface area contributed by atoms with E-state index in [2.05, 4.69) is 22.1 Å². The summed E-state index contributed by atoms with van der Waals surface area (Å²) in [5.74, 6) is 5.69. The van der Waals surface area contributed by atoms with E-state index in [9.17, 15) is 4.79 Å². The normalized spacial score (nSPS) is 15.8. The number of carbonyl (C=O) groups is 1. The number of rotatable bonds is 2. The van der Waals surface area contributed by atoms with Crippen LogP contribution in [-0.2, 0) is 9.53 Å². The highest BCUT2D eigenvalue weighted by Crippen LogP contribution is 2.20. The van der Waals surface area contributed by atoms with Crippen LogP contribution in [0.25, 0.3) is 0 Å². The number of nitrogens with one attached hydrogen (secondary N) is 1. The molecule has 0 atom stereocenters. The fourth-order valence-electron chi connectivity index (χ4n) is 1.70. The molecule has 1 aliphatic rings. The van der Waals surface area contributed by atoms with Crippen LogP contribution in [0.15, 0.2) is 6.20 Å². The molecule has 0 saturated carbocycles. The molecular formula is C12H15N3O2S. The number of nitrogens with zero attached hydrogens (tertiary/aromatic N) is 1. The minimum Gasteiger partial charge on any atom is -0.381 e. The third kappa shape index (κ3) is 3.53. The number of amides is 1. The minimum absolute atomic E-state index is 0.0194. The van der Waals surface area contributed by atoms with E-state index in [1.54, 1.807) is 6.20 Å². The Balaban J connectivity index is 1.92. The maximum absolute atomic E-state index is 11.9. The summed E-state index contributed by atoms with van der Waals surface area (Å²) in [4.78, 5) is 16.9. The first-order chi connectivity index (χ1) is 8.79. The van der Waals surface area contributed by atoms with Crippen LogP contribution in [0, 0.1) is 17.8 Å². The molecule has 0 spiro atoms. The van der Waals surface area contributed by atoms with Gasteiger partial charge in [-0.25, -0.2) is 4.98 Å². The Morgan fingerprint density at radius 2 is 2.39 bits per heavy atom. The van der Waals surface area contributed by atoms with Crippen LogP contribution in [-0.4, -0.2) is 30.6 Å². The van der Waals surface area contributed by atoms with Crippen LogP contribution in [0.4, 0.5) is 5.13 Å². The molecule has 6 heteroatoms. The first kappa shape index (κ1) is 13.0. The van der Waals surface area contributed by atoms with Crippen molar-refractivity contribution in [3.8, 4) is 11.8 Å². The number of hydrogen-bond acceptors (Lipinski definition) is 5. The van der Waals surface area contributed by atoms with E-state index in [-0.39, 0.29) is 11.8 Å². The maximum atomic E-state index is 11.9. The van der Waals surface area contributed by atoms with E-state index in [4.69, 9.17) is 10.5 Å². The summed E-state index contributed by atoms with van der Waals surface area (Å²) in [7, 11) is 0. The first-order valence-corrected chi connectivity index (χ1v) is 6.64. The molecule has 2 rings (SSSR count). The molecule has 1 saturated heterocycles. The van der Waals surface area contributed by atoms with Crippen molar-refractivity contribution < 1.29 is 9.53 Å². The van der Waals surface area contributed by atoms with E-state index in [1.807, 2.05) is 0 Å². The molecule has 1 aromatic rings. The number of hydrogen-bond donors (Lipinski definition) is 2. The highest BCUT2D eigenvalue weighted by molar-refractivity contribution is 7.16. The second kappa shape index (κ2) is 6.50. The number of anilines is 1. The molecule has 1 amide bonds. The minimum atomic E-state index is 0.0194. The number of nitrogens with two attached hydrogens (primary N) is 1. The van der Waals surface area contributed by atoms with E-state index < -0.39 is 0 Å². The third-order valence-electron chi connectivity index (χ3n) is 2.64. The molecule has 2 heterocycles. The SMILES string of the molecule is NCC#Cc1cnc(NC(=O)C2CCOCC2)s1. The molecule has 1 fully saturated rings. The molecule has 3 N–H and O–H groups in total. The molecule has 18 heavy (non-hydrogen) atoms. The summed E-state index contributed by atoms with van der Waals surface area (Å²) in [5, 5.41) is 3.41. The standard InChI is InChI=1S/C12H15N3O2S/c13-5-1-2-10-8-14-12(18-10)15-11(16)9-3-6-17-7-4-9/h8-9H,3-7,13H2,(H,14,15,16). The van der Waals surface area contributed by atoms with Gasteiger partial charge in [-0.05, 0) is 12.8 Å². The van der Waals surface area contributed by atoms with Crippen molar-refractivity contribution in [3.05, 3.63) is 11.1 Å². The average Bonchev–Trinajstić information content (AvgIpc) is 2.85. The largest absolute Gasteiger partial charge is 0.381 e.